The Morgan fingerprint density at radius 2 is 1.84 bits per heavy atom. The Morgan fingerprint density at radius 3 is 2.41 bits per heavy atom. The average Bonchev–Trinajstić information content (AvgIpc) is 3.22. The Kier molecular flexibility index (Phi) is 10.9. The molecule has 7 N–H and O–H groups in total. The molecule has 1 aromatic carbocycles. The zero-order valence-electron chi connectivity index (χ0n) is 21.6. The Bertz CT molecular complexity index is 1090. The van der Waals surface area contributed by atoms with E-state index in [2.05, 4.69) is 20.6 Å². The molecule has 0 fully saturated rings. The van der Waals surface area contributed by atoms with Crippen molar-refractivity contribution in [2.24, 2.45) is 22.4 Å². The van der Waals surface area contributed by atoms with Gasteiger partial charge in [0.25, 0.3) is 5.91 Å². The molecule has 0 unspecified atom stereocenters. The number of benzene rings is 1. The van der Waals surface area contributed by atoms with Crippen molar-refractivity contribution in [2.45, 2.75) is 58.5 Å². The van der Waals surface area contributed by atoms with Crippen molar-refractivity contribution in [1.82, 2.24) is 15.6 Å². The van der Waals surface area contributed by atoms with E-state index in [0.29, 0.717) is 18.6 Å². The SMILES string of the molecule is COc1ccc(CC(=O)N[C@@H](CC(C)C)c2nc(C(=O)N[C@@H](CCCN=C(N)N)C(=O)O)c(C)o2)cc1. The minimum absolute atomic E-state index is 0.0383. The van der Waals surface area contributed by atoms with Gasteiger partial charge in [-0.2, -0.15) is 0 Å². The van der Waals surface area contributed by atoms with Crippen molar-refractivity contribution in [2.75, 3.05) is 13.7 Å². The molecule has 0 spiro atoms. The number of nitrogens with two attached hydrogens (primary N) is 2. The van der Waals surface area contributed by atoms with E-state index in [1.54, 1.807) is 26.2 Å². The number of carbonyl (C=O) groups is 3. The highest BCUT2D eigenvalue weighted by atomic mass is 16.5. The Balaban J connectivity index is 2.11. The highest BCUT2D eigenvalue weighted by Gasteiger charge is 2.27. The van der Waals surface area contributed by atoms with Gasteiger partial charge in [0.1, 0.15) is 23.6 Å². The van der Waals surface area contributed by atoms with Gasteiger partial charge in [-0.05, 0) is 49.8 Å². The van der Waals surface area contributed by atoms with Crippen LogP contribution in [0.5, 0.6) is 5.75 Å². The van der Waals surface area contributed by atoms with Crippen molar-refractivity contribution >= 4 is 23.7 Å². The summed E-state index contributed by atoms with van der Waals surface area (Å²) in [6, 6.07) is 5.45. The van der Waals surface area contributed by atoms with Gasteiger partial charge in [0, 0.05) is 6.54 Å². The molecule has 0 saturated heterocycles. The fourth-order valence-corrected chi connectivity index (χ4v) is 3.63. The largest absolute Gasteiger partial charge is 0.497 e. The number of nitrogens with one attached hydrogen (secondary N) is 2. The third-order valence-corrected chi connectivity index (χ3v) is 5.44. The predicted molar refractivity (Wildman–Crippen MR) is 137 cm³/mol. The second-order valence-electron chi connectivity index (χ2n) is 9.04. The summed E-state index contributed by atoms with van der Waals surface area (Å²) in [5.41, 5.74) is 11.3. The van der Waals surface area contributed by atoms with E-state index < -0.39 is 24.0 Å². The number of aliphatic imine (C=N–C) groups is 1. The lowest BCUT2D eigenvalue weighted by atomic mass is 10.0. The Hall–Kier alpha value is -4.09. The second-order valence-corrected chi connectivity index (χ2v) is 9.04. The monoisotopic (exact) mass is 516 g/mol. The van der Waals surface area contributed by atoms with Gasteiger partial charge in [-0.1, -0.05) is 26.0 Å². The first-order chi connectivity index (χ1) is 17.5. The molecule has 2 rings (SSSR count). The maximum Gasteiger partial charge on any atom is 0.326 e. The van der Waals surface area contributed by atoms with Gasteiger partial charge in [-0.3, -0.25) is 14.6 Å². The number of rotatable bonds is 14. The number of hydrogen-bond donors (Lipinski definition) is 5. The van der Waals surface area contributed by atoms with Crippen LogP contribution in [0, 0.1) is 12.8 Å². The molecule has 37 heavy (non-hydrogen) atoms. The molecule has 2 amide bonds. The van der Waals surface area contributed by atoms with Crippen molar-refractivity contribution < 1.29 is 28.6 Å². The van der Waals surface area contributed by atoms with Crippen LogP contribution in [0.1, 0.15) is 66.9 Å². The van der Waals surface area contributed by atoms with Crippen LogP contribution in [-0.2, 0) is 16.0 Å². The van der Waals surface area contributed by atoms with E-state index in [1.807, 2.05) is 26.0 Å². The molecule has 0 radical (unpaired) electrons. The van der Waals surface area contributed by atoms with Gasteiger partial charge >= 0.3 is 5.97 Å². The van der Waals surface area contributed by atoms with Crippen molar-refractivity contribution in [3.63, 3.8) is 0 Å². The second kappa shape index (κ2) is 13.9. The number of amides is 2. The Labute approximate surface area is 215 Å². The van der Waals surface area contributed by atoms with Crippen molar-refractivity contribution in [3.8, 4) is 5.75 Å². The van der Waals surface area contributed by atoms with Crippen LogP contribution in [0.15, 0.2) is 33.7 Å². The van der Waals surface area contributed by atoms with Crippen LogP contribution in [0.3, 0.4) is 0 Å². The quantitative estimate of drug-likeness (QED) is 0.141. The van der Waals surface area contributed by atoms with E-state index in [9.17, 15) is 19.5 Å². The first-order valence-electron chi connectivity index (χ1n) is 12.0. The van der Waals surface area contributed by atoms with Gasteiger partial charge in [-0.15, -0.1) is 0 Å². The number of nitrogens with zero attached hydrogens (tertiary/aromatic N) is 2. The fraction of sp³-hybridized carbons (Fsp3) is 0.480. The van der Waals surface area contributed by atoms with Crippen LogP contribution in [-0.4, -0.2) is 53.5 Å². The molecular formula is C25H36N6O6. The highest BCUT2D eigenvalue weighted by molar-refractivity contribution is 5.95. The first kappa shape index (κ1) is 29.1. The van der Waals surface area contributed by atoms with Gasteiger partial charge in [0.05, 0.1) is 13.5 Å². The summed E-state index contributed by atoms with van der Waals surface area (Å²) in [5, 5.41) is 14.9. The molecule has 0 aliphatic carbocycles. The molecule has 0 aliphatic heterocycles. The van der Waals surface area contributed by atoms with Gasteiger partial charge in [-0.25, -0.2) is 9.78 Å². The molecule has 1 aromatic heterocycles. The van der Waals surface area contributed by atoms with Crippen molar-refractivity contribution in [1.29, 1.82) is 0 Å². The molecule has 0 bridgehead atoms. The molecule has 12 nitrogen and oxygen atoms in total. The summed E-state index contributed by atoms with van der Waals surface area (Å²) in [6.07, 6.45) is 1.15. The zero-order valence-corrected chi connectivity index (χ0v) is 21.6. The number of ether oxygens (including phenoxy) is 1. The van der Waals surface area contributed by atoms with Crippen molar-refractivity contribution in [3.05, 3.63) is 47.2 Å². The summed E-state index contributed by atoms with van der Waals surface area (Å²) in [7, 11) is 1.57. The number of carboxylic acid groups (broad SMARTS) is 1. The topological polar surface area (TPSA) is 195 Å². The molecule has 12 heteroatoms. The number of methoxy groups -OCH3 is 1. The van der Waals surface area contributed by atoms with Crippen LogP contribution in [0.2, 0.25) is 0 Å². The van der Waals surface area contributed by atoms with Crippen LogP contribution in [0.25, 0.3) is 0 Å². The van der Waals surface area contributed by atoms with Gasteiger partial charge < -0.3 is 36.4 Å². The van der Waals surface area contributed by atoms with E-state index in [0.717, 1.165) is 5.56 Å². The smallest absolute Gasteiger partial charge is 0.326 e. The summed E-state index contributed by atoms with van der Waals surface area (Å²) in [5.74, 6) is -0.913. The molecule has 202 valence electrons. The number of carboxylic acids is 1. The summed E-state index contributed by atoms with van der Waals surface area (Å²) in [4.78, 5) is 45.4. The third-order valence-electron chi connectivity index (χ3n) is 5.44. The summed E-state index contributed by atoms with van der Waals surface area (Å²) >= 11 is 0. The van der Waals surface area contributed by atoms with Crippen LogP contribution in [0.4, 0.5) is 0 Å². The number of aromatic nitrogens is 1. The number of hydrogen-bond acceptors (Lipinski definition) is 7. The molecular weight excluding hydrogens is 480 g/mol. The third kappa shape index (κ3) is 9.47. The van der Waals surface area contributed by atoms with E-state index in [4.69, 9.17) is 20.6 Å². The zero-order chi connectivity index (χ0) is 27.5. The number of aryl methyl sites for hydroxylation is 1. The van der Waals surface area contributed by atoms with E-state index in [-0.39, 0.29) is 54.5 Å². The maximum absolute atomic E-state index is 12.8. The number of oxazole rings is 1. The summed E-state index contributed by atoms with van der Waals surface area (Å²) in [6.45, 7) is 5.78. The molecule has 0 saturated carbocycles. The predicted octanol–water partition coefficient (Wildman–Crippen LogP) is 1.67. The Morgan fingerprint density at radius 1 is 1.16 bits per heavy atom. The normalized spacial score (nSPS) is 12.5. The number of guanidine groups is 1. The molecule has 2 atom stereocenters. The van der Waals surface area contributed by atoms with Crippen LogP contribution >= 0.6 is 0 Å². The minimum Gasteiger partial charge on any atom is -0.497 e. The lowest BCUT2D eigenvalue weighted by Crippen LogP contribution is -2.41. The lowest BCUT2D eigenvalue weighted by molar-refractivity contribution is -0.139. The lowest BCUT2D eigenvalue weighted by Gasteiger charge is -2.18. The average molecular weight is 517 g/mol. The van der Waals surface area contributed by atoms with E-state index in [1.165, 1.54) is 0 Å². The standard InChI is InChI=1S/C25H36N6O6/c1-14(2)12-19(29-20(32)13-16-7-9-17(36-4)10-8-16)23-31-21(15(3)37-23)22(33)30-18(24(34)35)6-5-11-28-25(26)27/h7-10,14,18-19H,5-6,11-13H2,1-4H3,(H,29,32)(H,30,33)(H,34,35)(H4,26,27,28)/t18-,19-/m0/s1. The first-order valence-corrected chi connectivity index (χ1v) is 12.0. The minimum atomic E-state index is -1.19. The number of carbonyl (C=O) groups excluding carboxylic acids is 2. The van der Waals surface area contributed by atoms with Gasteiger partial charge in [0.15, 0.2) is 11.7 Å². The fourth-order valence-electron chi connectivity index (χ4n) is 3.63. The number of aliphatic carboxylic acids is 1. The van der Waals surface area contributed by atoms with Crippen LogP contribution < -0.4 is 26.8 Å². The summed E-state index contributed by atoms with van der Waals surface area (Å²) < 4.78 is 10.9. The molecule has 1 heterocycles. The molecule has 2 aromatic rings. The van der Waals surface area contributed by atoms with Gasteiger partial charge in [0.2, 0.25) is 11.8 Å². The molecule has 0 aliphatic rings. The van der Waals surface area contributed by atoms with E-state index >= 15 is 0 Å². The highest BCUT2D eigenvalue weighted by Crippen LogP contribution is 2.24. The maximum atomic E-state index is 12.8.